The first-order valence-corrected chi connectivity index (χ1v) is 6.37. The second-order valence-electron chi connectivity index (χ2n) is 4.54. The lowest BCUT2D eigenvalue weighted by molar-refractivity contribution is 0.0958. The van der Waals surface area contributed by atoms with E-state index in [0.29, 0.717) is 12.1 Å². The topological polar surface area (TPSA) is 29.1 Å². The Kier molecular flexibility index (Phi) is 4.31. The summed E-state index contributed by atoms with van der Waals surface area (Å²) in [5.74, 6) is -0.451. The molecule has 0 aliphatic heterocycles. The molecule has 2 aromatic carbocycles. The molecule has 0 bridgehead atoms. The third-order valence-electron chi connectivity index (χ3n) is 3.04. The normalized spacial score (nSPS) is 10.1. The van der Waals surface area contributed by atoms with Gasteiger partial charge in [0.2, 0.25) is 0 Å². The van der Waals surface area contributed by atoms with Crippen molar-refractivity contribution in [1.29, 1.82) is 0 Å². The van der Waals surface area contributed by atoms with Gasteiger partial charge in [-0.2, -0.15) is 0 Å². The minimum absolute atomic E-state index is 0.166. The van der Waals surface area contributed by atoms with Crippen LogP contribution < -0.4 is 5.32 Å². The van der Waals surface area contributed by atoms with E-state index < -0.39 is 0 Å². The first-order valence-electron chi connectivity index (χ1n) is 6.37. The van der Waals surface area contributed by atoms with Gasteiger partial charge in [0.1, 0.15) is 5.82 Å². The second kappa shape index (κ2) is 6.15. The van der Waals surface area contributed by atoms with Gasteiger partial charge >= 0.3 is 0 Å². The highest BCUT2D eigenvalue weighted by Crippen LogP contribution is 2.25. The number of nitrogens with one attached hydrogen (secondary N) is 1. The first kappa shape index (κ1) is 14.0. The summed E-state index contributed by atoms with van der Waals surface area (Å²) in [6.45, 7) is 5.89. The molecule has 0 atom stereocenters. The van der Waals surface area contributed by atoms with Crippen LogP contribution in [0.4, 0.5) is 4.39 Å². The summed E-state index contributed by atoms with van der Waals surface area (Å²) in [4.78, 5) is 11.9. The van der Waals surface area contributed by atoms with Gasteiger partial charge in [-0.1, -0.05) is 24.3 Å². The number of benzene rings is 2. The van der Waals surface area contributed by atoms with Crippen molar-refractivity contribution in [2.24, 2.45) is 0 Å². The molecule has 2 nitrogen and oxygen atoms in total. The van der Waals surface area contributed by atoms with E-state index in [0.717, 1.165) is 16.7 Å². The third-order valence-corrected chi connectivity index (χ3v) is 3.04. The molecule has 102 valence electrons. The minimum atomic E-state index is -0.285. The molecule has 2 aromatic rings. The molecule has 0 spiro atoms. The molecule has 20 heavy (non-hydrogen) atoms. The van der Waals surface area contributed by atoms with Gasteiger partial charge in [-0.3, -0.25) is 4.79 Å². The summed E-state index contributed by atoms with van der Waals surface area (Å²) in [6, 6.07) is 11.8. The van der Waals surface area contributed by atoms with Gasteiger partial charge in [0.25, 0.3) is 5.91 Å². The van der Waals surface area contributed by atoms with Gasteiger partial charge < -0.3 is 5.32 Å². The van der Waals surface area contributed by atoms with E-state index in [4.69, 9.17) is 0 Å². The van der Waals surface area contributed by atoms with Crippen molar-refractivity contribution < 1.29 is 9.18 Å². The maximum absolute atomic E-state index is 13.4. The predicted octanol–water partition coefficient (Wildman–Crippen LogP) is 3.72. The van der Waals surface area contributed by atoms with Crippen molar-refractivity contribution in [2.45, 2.75) is 6.92 Å². The fourth-order valence-electron chi connectivity index (χ4n) is 2.00. The van der Waals surface area contributed by atoms with Crippen molar-refractivity contribution >= 4 is 5.91 Å². The molecule has 3 heteroatoms. The van der Waals surface area contributed by atoms with Crippen LogP contribution in [0.15, 0.2) is 55.1 Å². The van der Waals surface area contributed by atoms with Gasteiger partial charge in [0.15, 0.2) is 0 Å². The highest BCUT2D eigenvalue weighted by atomic mass is 19.1. The Hall–Kier alpha value is -2.42. The average Bonchev–Trinajstić information content (AvgIpc) is 2.47. The van der Waals surface area contributed by atoms with Gasteiger partial charge in [0, 0.05) is 12.1 Å². The summed E-state index contributed by atoms with van der Waals surface area (Å²) in [5.41, 5.74) is 3.14. The van der Waals surface area contributed by atoms with Crippen LogP contribution in [0.1, 0.15) is 15.9 Å². The standard InChI is InChI=1S/C17H16FNO/c1-3-9-19-17(20)14-6-4-5-13(10-14)16-11-15(18)8-7-12(16)2/h3-8,10-11H,1,9H2,2H3,(H,19,20). The lowest BCUT2D eigenvalue weighted by Crippen LogP contribution is -2.23. The molecular weight excluding hydrogens is 253 g/mol. The van der Waals surface area contributed by atoms with Gasteiger partial charge in [-0.05, 0) is 47.9 Å². The largest absolute Gasteiger partial charge is 0.349 e. The zero-order chi connectivity index (χ0) is 14.5. The predicted molar refractivity (Wildman–Crippen MR) is 79.1 cm³/mol. The molecule has 0 heterocycles. The van der Waals surface area contributed by atoms with E-state index in [1.54, 1.807) is 30.3 Å². The minimum Gasteiger partial charge on any atom is -0.349 e. The number of halogens is 1. The summed E-state index contributed by atoms with van der Waals surface area (Å²) in [7, 11) is 0. The molecule has 0 unspecified atom stereocenters. The number of hydrogen-bond acceptors (Lipinski definition) is 1. The van der Waals surface area contributed by atoms with Crippen molar-refractivity contribution in [1.82, 2.24) is 5.32 Å². The van der Waals surface area contributed by atoms with Crippen LogP contribution in [0.3, 0.4) is 0 Å². The second-order valence-corrected chi connectivity index (χ2v) is 4.54. The van der Waals surface area contributed by atoms with Crippen molar-refractivity contribution in [2.75, 3.05) is 6.54 Å². The van der Waals surface area contributed by atoms with Crippen LogP contribution >= 0.6 is 0 Å². The van der Waals surface area contributed by atoms with Crippen LogP contribution in [-0.2, 0) is 0 Å². The summed E-state index contributed by atoms with van der Waals surface area (Å²) < 4.78 is 13.4. The Morgan fingerprint density at radius 3 is 2.85 bits per heavy atom. The Balaban J connectivity index is 2.36. The van der Waals surface area contributed by atoms with E-state index in [-0.39, 0.29) is 11.7 Å². The number of carbonyl (C=O) groups is 1. The Labute approximate surface area is 118 Å². The number of carbonyl (C=O) groups excluding carboxylic acids is 1. The van der Waals surface area contributed by atoms with Gasteiger partial charge in [-0.25, -0.2) is 4.39 Å². The number of rotatable bonds is 4. The molecule has 0 saturated heterocycles. The molecule has 1 amide bonds. The van der Waals surface area contributed by atoms with Crippen LogP contribution in [0.2, 0.25) is 0 Å². The fourth-order valence-corrected chi connectivity index (χ4v) is 2.00. The van der Waals surface area contributed by atoms with E-state index in [2.05, 4.69) is 11.9 Å². The van der Waals surface area contributed by atoms with E-state index in [1.807, 2.05) is 13.0 Å². The van der Waals surface area contributed by atoms with E-state index in [9.17, 15) is 9.18 Å². The smallest absolute Gasteiger partial charge is 0.251 e. The average molecular weight is 269 g/mol. The zero-order valence-corrected chi connectivity index (χ0v) is 11.3. The molecule has 0 saturated carbocycles. The van der Waals surface area contributed by atoms with Crippen molar-refractivity contribution in [3.63, 3.8) is 0 Å². The highest BCUT2D eigenvalue weighted by Gasteiger charge is 2.08. The Bertz CT molecular complexity index is 649. The number of hydrogen-bond donors (Lipinski definition) is 1. The monoisotopic (exact) mass is 269 g/mol. The van der Waals surface area contributed by atoms with Crippen molar-refractivity contribution in [3.05, 3.63) is 72.1 Å². The van der Waals surface area contributed by atoms with Crippen LogP contribution in [0, 0.1) is 12.7 Å². The maximum atomic E-state index is 13.4. The molecule has 0 radical (unpaired) electrons. The maximum Gasteiger partial charge on any atom is 0.251 e. The molecular formula is C17H16FNO. The highest BCUT2D eigenvalue weighted by molar-refractivity contribution is 5.95. The van der Waals surface area contributed by atoms with Gasteiger partial charge in [0.05, 0.1) is 0 Å². The van der Waals surface area contributed by atoms with E-state index in [1.165, 1.54) is 12.1 Å². The van der Waals surface area contributed by atoms with Crippen LogP contribution in [0.5, 0.6) is 0 Å². The third kappa shape index (κ3) is 3.12. The molecule has 2 rings (SSSR count). The molecule has 0 fully saturated rings. The molecule has 1 N–H and O–H groups in total. The summed E-state index contributed by atoms with van der Waals surface area (Å²) in [5, 5.41) is 2.72. The van der Waals surface area contributed by atoms with Crippen LogP contribution in [0.25, 0.3) is 11.1 Å². The number of aryl methyl sites for hydroxylation is 1. The fraction of sp³-hybridized carbons (Fsp3) is 0.118. The molecule has 0 aliphatic rings. The SMILES string of the molecule is C=CCNC(=O)c1cccc(-c2cc(F)ccc2C)c1. The molecule has 0 aromatic heterocycles. The van der Waals surface area contributed by atoms with Crippen molar-refractivity contribution in [3.8, 4) is 11.1 Å². The van der Waals surface area contributed by atoms with Crippen LogP contribution in [-0.4, -0.2) is 12.5 Å². The molecule has 0 aliphatic carbocycles. The zero-order valence-electron chi connectivity index (χ0n) is 11.3. The summed E-state index contributed by atoms with van der Waals surface area (Å²) in [6.07, 6.45) is 1.62. The van der Waals surface area contributed by atoms with Gasteiger partial charge in [-0.15, -0.1) is 6.58 Å². The Morgan fingerprint density at radius 2 is 2.10 bits per heavy atom. The lowest BCUT2D eigenvalue weighted by atomic mass is 9.98. The van der Waals surface area contributed by atoms with E-state index >= 15 is 0 Å². The lowest BCUT2D eigenvalue weighted by Gasteiger charge is -2.08. The Morgan fingerprint density at radius 1 is 1.30 bits per heavy atom. The quantitative estimate of drug-likeness (QED) is 0.842. The first-order chi connectivity index (χ1) is 9.61. The summed E-state index contributed by atoms with van der Waals surface area (Å²) >= 11 is 0. The number of amides is 1.